The lowest BCUT2D eigenvalue weighted by Gasteiger charge is -2.18. The molecule has 0 N–H and O–H groups in total. The maximum atomic E-state index is 13.2. The van der Waals surface area contributed by atoms with Crippen LogP contribution >= 0.6 is 12.2 Å². The molecule has 0 amide bonds. The Kier molecular flexibility index (Phi) is 2.93. The number of benzene rings is 1. The first-order valence-electron chi connectivity index (χ1n) is 5.04. The Bertz CT molecular complexity index is 601. The second kappa shape index (κ2) is 4.25. The number of halogens is 1. The second-order valence-corrected chi connectivity index (χ2v) is 4.24. The van der Waals surface area contributed by atoms with E-state index in [1.165, 1.54) is 12.1 Å². The molecule has 17 heavy (non-hydrogen) atoms. The summed E-state index contributed by atoms with van der Waals surface area (Å²) in [5.74, 6) is -0.266. The smallest absolute Gasteiger partial charge is 0.151 e. The first kappa shape index (κ1) is 11.7. The number of hydrogen-bond donors (Lipinski definition) is 0. The van der Waals surface area contributed by atoms with E-state index < -0.39 is 0 Å². The normalized spacial score (nSPS) is 10.5. The highest BCUT2D eigenvalue weighted by Crippen LogP contribution is 2.21. The van der Waals surface area contributed by atoms with Crippen LogP contribution in [0, 0.1) is 5.82 Å². The van der Waals surface area contributed by atoms with E-state index in [0.717, 1.165) is 16.6 Å². The quantitative estimate of drug-likeness (QED) is 0.601. The van der Waals surface area contributed by atoms with Crippen molar-refractivity contribution in [2.75, 3.05) is 19.1 Å². The van der Waals surface area contributed by atoms with Crippen LogP contribution in [0.3, 0.4) is 0 Å². The highest BCUT2D eigenvalue weighted by molar-refractivity contribution is 7.80. The van der Waals surface area contributed by atoms with Gasteiger partial charge in [-0.1, -0.05) is 12.2 Å². The molecule has 2 rings (SSSR count). The predicted molar refractivity (Wildman–Crippen MR) is 73.2 cm³/mol. The minimum atomic E-state index is -0.266. The second-order valence-electron chi connectivity index (χ2n) is 3.85. The van der Waals surface area contributed by atoms with Crippen LogP contribution in [-0.4, -0.2) is 30.5 Å². The van der Waals surface area contributed by atoms with Crippen molar-refractivity contribution in [1.82, 2.24) is 4.68 Å². The summed E-state index contributed by atoms with van der Waals surface area (Å²) in [6, 6.07) is 6.44. The monoisotopic (exact) mass is 249 g/mol. The van der Waals surface area contributed by atoms with Gasteiger partial charge in [0.15, 0.2) is 4.99 Å². The van der Waals surface area contributed by atoms with Gasteiger partial charge in [0, 0.05) is 19.5 Å². The summed E-state index contributed by atoms with van der Waals surface area (Å²) >= 11 is 5.13. The molecule has 2 aromatic rings. The molecule has 0 aliphatic carbocycles. The third kappa shape index (κ3) is 1.93. The molecule has 5 heteroatoms. The number of hydrogen-bond acceptors (Lipinski definition) is 2. The van der Waals surface area contributed by atoms with Crippen LogP contribution in [0.1, 0.15) is 5.69 Å². The predicted octanol–water partition coefficient (Wildman–Crippen LogP) is 2.35. The van der Waals surface area contributed by atoms with Crippen molar-refractivity contribution in [3.63, 3.8) is 0 Å². The Hall–Kier alpha value is -1.75. The molecule has 0 fully saturated rings. The van der Waals surface area contributed by atoms with Gasteiger partial charge in [0.05, 0.1) is 5.52 Å². The zero-order chi connectivity index (χ0) is 12.6. The molecule has 0 unspecified atom stereocenters. The Balaban J connectivity index is 2.79. The van der Waals surface area contributed by atoms with Gasteiger partial charge in [0.25, 0.3) is 0 Å². The van der Waals surface area contributed by atoms with Crippen molar-refractivity contribution in [3.8, 4) is 0 Å². The molecule has 1 aromatic carbocycles. The molecule has 0 atom stereocenters. The van der Waals surface area contributed by atoms with Gasteiger partial charge in [-0.2, -0.15) is 0 Å². The number of nitrogens with zero attached hydrogens (tertiary/aromatic N) is 3. The Morgan fingerprint density at radius 2 is 2.12 bits per heavy atom. The number of thiocarbonyl (C=S) groups is 1. The van der Waals surface area contributed by atoms with E-state index in [1.807, 2.05) is 29.8 Å². The van der Waals surface area contributed by atoms with Crippen LogP contribution in [0.2, 0.25) is 0 Å². The Labute approximate surface area is 104 Å². The standard InChI is InChI=1S/C12H12FN3S/c1-14-12(17)11-7-8-6-9(13)4-5-10(8)16(11)15(2)3/h4-7H,1H2,2-3H3. The summed E-state index contributed by atoms with van der Waals surface area (Å²) in [5, 5.41) is 2.66. The lowest BCUT2D eigenvalue weighted by molar-refractivity contribution is 0.629. The van der Waals surface area contributed by atoms with E-state index in [1.54, 1.807) is 6.07 Å². The van der Waals surface area contributed by atoms with Crippen LogP contribution in [-0.2, 0) is 0 Å². The number of fused-ring (bicyclic) bond motifs is 1. The third-order valence-electron chi connectivity index (χ3n) is 2.50. The van der Waals surface area contributed by atoms with Crippen LogP contribution in [0.25, 0.3) is 10.9 Å². The van der Waals surface area contributed by atoms with E-state index in [-0.39, 0.29) is 5.82 Å². The van der Waals surface area contributed by atoms with Crippen LogP contribution in [0.5, 0.6) is 0 Å². The largest absolute Gasteiger partial charge is 0.318 e. The zero-order valence-corrected chi connectivity index (χ0v) is 10.5. The molecule has 0 bridgehead atoms. The molecule has 1 aromatic heterocycles. The van der Waals surface area contributed by atoms with Gasteiger partial charge in [0.1, 0.15) is 11.5 Å². The summed E-state index contributed by atoms with van der Waals surface area (Å²) in [5.41, 5.74) is 1.62. The van der Waals surface area contributed by atoms with E-state index in [4.69, 9.17) is 12.2 Å². The minimum Gasteiger partial charge on any atom is -0.318 e. The lowest BCUT2D eigenvalue weighted by Crippen LogP contribution is -2.27. The fourth-order valence-electron chi connectivity index (χ4n) is 1.84. The van der Waals surface area contributed by atoms with E-state index in [9.17, 15) is 4.39 Å². The maximum Gasteiger partial charge on any atom is 0.151 e. The molecule has 0 aliphatic rings. The highest BCUT2D eigenvalue weighted by atomic mass is 32.1. The van der Waals surface area contributed by atoms with Crippen LogP contribution in [0.15, 0.2) is 29.3 Å². The van der Waals surface area contributed by atoms with Gasteiger partial charge in [-0.25, -0.2) is 4.39 Å². The van der Waals surface area contributed by atoms with Crippen molar-refractivity contribution in [2.24, 2.45) is 4.99 Å². The van der Waals surface area contributed by atoms with Crippen molar-refractivity contribution in [2.45, 2.75) is 0 Å². The van der Waals surface area contributed by atoms with Gasteiger partial charge < -0.3 is 5.01 Å². The molecule has 0 aliphatic heterocycles. The zero-order valence-electron chi connectivity index (χ0n) is 9.64. The first-order valence-corrected chi connectivity index (χ1v) is 5.45. The molecular formula is C12H12FN3S. The van der Waals surface area contributed by atoms with Crippen LogP contribution in [0.4, 0.5) is 4.39 Å². The number of aromatic nitrogens is 1. The fourth-order valence-corrected chi connectivity index (χ4v) is 1.98. The van der Waals surface area contributed by atoms with Gasteiger partial charge >= 0.3 is 0 Å². The molecule has 3 nitrogen and oxygen atoms in total. The fraction of sp³-hybridized carbons (Fsp3) is 0.167. The lowest BCUT2D eigenvalue weighted by atomic mass is 10.2. The Morgan fingerprint density at radius 3 is 2.71 bits per heavy atom. The molecule has 0 saturated carbocycles. The molecule has 0 saturated heterocycles. The summed E-state index contributed by atoms with van der Waals surface area (Å²) in [6.07, 6.45) is 0. The third-order valence-corrected chi connectivity index (χ3v) is 2.84. The number of rotatable bonds is 2. The minimum absolute atomic E-state index is 0.266. The topological polar surface area (TPSA) is 20.5 Å². The average molecular weight is 249 g/mol. The highest BCUT2D eigenvalue weighted by Gasteiger charge is 2.13. The van der Waals surface area contributed by atoms with Gasteiger partial charge in [-0.15, -0.1) is 0 Å². The summed E-state index contributed by atoms with van der Waals surface area (Å²) in [4.78, 5) is 4.16. The molecule has 0 spiro atoms. The Morgan fingerprint density at radius 1 is 1.41 bits per heavy atom. The molecule has 0 radical (unpaired) electrons. The molecule has 88 valence electrons. The molecule has 1 heterocycles. The summed E-state index contributed by atoms with van der Waals surface area (Å²) in [6.45, 7) is 3.43. The van der Waals surface area contributed by atoms with Gasteiger partial charge in [-0.05, 0) is 31.0 Å². The molecular weight excluding hydrogens is 237 g/mol. The van der Waals surface area contributed by atoms with E-state index in [2.05, 4.69) is 11.7 Å². The van der Waals surface area contributed by atoms with Gasteiger partial charge in [0.2, 0.25) is 0 Å². The van der Waals surface area contributed by atoms with E-state index in [0.29, 0.717) is 4.99 Å². The van der Waals surface area contributed by atoms with Crippen molar-refractivity contribution < 1.29 is 4.39 Å². The SMILES string of the molecule is C=NC(=S)c1cc2cc(F)ccc2n1N(C)C. The van der Waals surface area contributed by atoms with Crippen molar-refractivity contribution in [3.05, 3.63) is 35.8 Å². The average Bonchev–Trinajstić information content (AvgIpc) is 2.66. The van der Waals surface area contributed by atoms with E-state index >= 15 is 0 Å². The summed E-state index contributed by atoms with van der Waals surface area (Å²) in [7, 11) is 3.77. The first-order chi connectivity index (χ1) is 8.04. The van der Waals surface area contributed by atoms with Crippen molar-refractivity contribution in [1.29, 1.82) is 0 Å². The summed E-state index contributed by atoms with van der Waals surface area (Å²) < 4.78 is 15.1. The van der Waals surface area contributed by atoms with Gasteiger partial charge in [-0.3, -0.25) is 9.67 Å². The van der Waals surface area contributed by atoms with Crippen molar-refractivity contribution >= 4 is 34.8 Å². The van der Waals surface area contributed by atoms with Crippen LogP contribution < -0.4 is 5.01 Å². The number of aliphatic imine (C=N–C) groups is 1. The maximum absolute atomic E-state index is 13.2.